The van der Waals surface area contributed by atoms with Crippen molar-refractivity contribution in [2.45, 2.75) is 62.3 Å². The number of halogens is 1. The van der Waals surface area contributed by atoms with Crippen LogP contribution in [0.2, 0.25) is 5.02 Å². The Morgan fingerprint density at radius 1 is 1.03 bits per heavy atom. The first-order valence-electron chi connectivity index (χ1n) is 11.2. The van der Waals surface area contributed by atoms with Crippen LogP contribution in [-0.2, 0) is 20.0 Å². The van der Waals surface area contributed by atoms with E-state index in [0.29, 0.717) is 23.4 Å². The van der Waals surface area contributed by atoms with Crippen LogP contribution in [0.1, 0.15) is 45.1 Å². The molecule has 0 amide bonds. The predicted molar refractivity (Wildman–Crippen MR) is 137 cm³/mol. The molecular weight excluding hydrogens is 510 g/mol. The van der Waals surface area contributed by atoms with Gasteiger partial charge in [-0.3, -0.25) is 9.71 Å². The summed E-state index contributed by atoms with van der Waals surface area (Å²) >= 11 is 6.13. The number of hydrogen-bond acceptors (Lipinski definition) is 6. The predicted octanol–water partition coefficient (Wildman–Crippen LogP) is 4.95. The molecular formula is C24H28ClN3O5S2. The number of pyridine rings is 1. The van der Waals surface area contributed by atoms with Crippen molar-refractivity contribution in [2.24, 2.45) is 5.41 Å². The van der Waals surface area contributed by atoms with Crippen LogP contribution >= 0.6 is 11.6 Å². The third kappa shape index (κ3) is 5.25. The molecule has 1 saturated carbocycles. The summed E-state index contributed by atoms with van der Waals surface area (Å²) in [5, 5.41) is 11.3. The normalized spacial score (nSPS) is 16.9. The van der Waals surface area contributed by atoms with Gasteiger partial charge in [-0.25, -0.2) is 21.6 Å². The number of anilines is 1. The Kier molecular flexibility index (Phi) is 6.78. The van der Waals surface area contributed by atoms with Crippen LogP contribution in [0.3, 0.4) is 0 Å². The van der Waals surface area contributed by atoms with Gasteiger partial charge in [-0.2, -0.15) is 0 Å². The Bertz CT molecular complexity index is 1500. The van der Waals surface area contributed by atoms with E-state index in [1.54, 1.807) is 25.1 Å². The SMILES string of the molecule is Cc1c(Cl)cccc1NS(=O)(=O)c1cc(S(=O)(=O)NC2CCC(C)(C)CC2)c(O)c2ncccc12. The first-order chi connectivity index (χ1) is 16.3. The standard InChI is InChI=1S/C24H28ClN3O5S2/c1-15-18(25)7-4-8-19(15)28-34(30,31)20-14-21(23(29)22-17(20)6-5-13-26-22)35(32,33)27-16-9-11-24(2,3)12-10-16/h4-8,13-14,16,27-29H,9-12H2,1-3H3. The molecule has 3 aromatic rings. The van der Waals surface area contributed by atoms with Gasteiger partial charge in [0.2, 0.25) is 10.0 Å². The van der Waals surface area contributed by atoms with Gasteiger partial charge in [0.1, 0.15) is 10.4 Å². The molecule has 1 aliphatic carbocycles. The van der Waals surface area contributed by atoms with Crippen LogP contribution in [-0.4, -0.2) is 33.0 Å². The second-order valence-electron chi connectivity index (χ2n) is 9.70. The van der Waals surface area contributed by atoms with Crippen molar-refractivity contribution in [1.29, 1.82) is 0 Å². The number of hydrogen-bond donors (Lipinski definition) is 3. The minimum atomic E-state index is -4.28. The van der Waals surface area contributed by atoms with E-state index in [0.717, 1.165) is 18.9 Å². The van der Waals surface area contributed by atoms with Crippen molar-refractivity contribution in [2.75, 3.05) is 4.72 Å². The highest BCUT2D eigenvalue weighted by Gasteiger charge is 2.33. The summed E-state index contributed by atoms with van der Waals surface area (Å²) < 4.78 is 58.7. The number of nitrogens with one attached hydrogen (secondary N) is 2. The topological polar surface area (TPSA) is 125 Å². The third-order valence-corrected chi connectivity index (χ3v) is 9.89. The Hall–Kier alpha value is -2.40. The van der Waals surface area contributed by atoms with E-state index < -0.39 is 30.7 Å². The van der Waals surface area contributed by atoms with Gasteiger partial charge in [-0.1, -0.05) is 31.5 Å². The minimum absolute atomic E-state index is 0.0931. The fourth-order valence-electron chi connectivity index (χ4n) is 4.32. The number of aromatic nitrogens is 1. The third-order valence-electron chi connectivity index (χ3n) is 6.55. The lowest BCUT2D eigenvalue weighted by Gasteiger charge is -2.34. The molecule has 188 valence electrons. The summed E-state index contributed by atoms with van der Waals surface area (Å²) in [5.41, 5.74) is 0.800. The molecule has 0 spiro atoms. The van der Waals surface area contributed by atoms with Crippen molar-refractivity contribution in [3.8, 4) is 5.75 Å². The Morgan fingerprint density at radius 2 is 1.71 bits per heavy atom. The van der Waals surface area contributed by atoms with Gasteiger partial charge in [-0.15, -0.1) is 0 Å². The number of fused-ring (bicyclic) bond motifs is 1. The molecule has 1 heterocycles. The van der Waals surface area contributed by atoms with E-state index in [9.17, 15) is 21.9 Å². The summed E-state index contributed by atoms with van der Waals surface area (Å²) in [6, 6.07) is 8.46. The summed E-state index contributed by atoms with van der Waals surface area (Å²) in [5.74, 6) is -0.595. The van der Waals surface area contributed by atoms with E-state index >= 15 is 0 Å². The van der Waals surface area contributed by atoms with E-state index in [4.69, 9.17) is 11.6 Å². The van der Waals surface area contributed by atoms with Gasteiger partial charge in [0, 0.05) is 22.6 Å². The molecule has 0 aliphatic heterocycles. The van der Waals surface area contributed by atoms with E-state index in [1.807, 2.05) is 0 Å². The van der Waals surface area contributed by atoms with Crippen LogP contribution in [0.4, 0.5) is 5.69 Å². The Balaban J connectivity index is 1.79. The minimum Gasteiger partial charge on any atom is -0.504 e. The number of nitrogens with zero attached hydrogens (tertiary/aromatic N) is 1. The molecule has 4 rings (SSSR count). The van der Waals surface area contributed by atoms with Crippen LogP contribution in [0.25, 0.3) is 10.9 Å². The highest BCUT2D eigenvalue weighted by molar-refractivity contribution is 7.93. The average molecular weight is 538 g/mol. The number of phenols is 1. The van der Waals surface area contributed by atoms with Crippen LogP contribution < -0.4 is 9.44 Å². The lowest BCUT2D eigenvalue weighted by molar-refractivity contribution is 0.218. The van der Waals surface area contributed by atoms with Gasteiger partial charge in [0.25, 0.3) is 10.0 Å². The van der Waals surface area contributed by atoms with Crippen LogP contribution in [0, 0.1) is 12.3 Å². The zero-order valence-electron chi connectivity index (χ0n) is 19.7. The molecule has 3 N–H and O–H groups in total. The monoisotopic (exact) mass is 537 g/mol. The van der Waals surface area contributed by atoms with Crippen molar-refractivity contribution in [3.63, 3.8) is 0 Å². The molecule has 2 aromatic carbocycles. The second kappa shape index (κ2) is 9.24. The number of benzene rings is 2. The van der Waals surface area contributed by atoms with Gasteiger partial charge in [-0.05, 0) is 73.9 Å². The Labute approximate surface area is 210 Å². The maximum absolute atomic E-state index is 13.5. The number of sulfonamides is 2. The number of rotatable bonds is 6. The molecule has 1 aliphatic rings. The smallest absolute Gasteiger partial charge is 0.262 e. The largest absolute Gasteiger partial charge is 0.504 e. The molecule has 0 radical (unpaired) electrons. The summed E-state index contributed by atoms with van der Waals surface area (Å²) in [4.78, 5) is 3.23. The molecule has 35 heavy (non-hydrogen) atoms. The van der Waals surface area contributed by atoms with Crippen molar-refractivity contribution < 1.29 is 21.9 Å². The first-order valence-corrected chi connectivity index (χ1v) is 14.6. The molecule has 0 saturated heterocycles. The summed E-state index contributed by atoms with van der Waals surface area (Å²) in [6.45, 7) is 5.95. The Morgan fingerprint density at radius 3 is 2.40 bits per heavy atom. The van der Waals surface area contributed by atoms with Gasteiger partial charge < -0.3 is 5.11 Å². The zero-order chi connectivity index (χ0) is 25.6. The summed E-state index contributed by atoms with van der Waals surface area (Å²) in [6.07, 6.45) is 4.38. The molecule has 0 atom stereocenters. The van der Waals surface area contributed by atoms with E-state index in [-0.39, 0.29) is 32.9 Å². The lowest BCUT2D eigenvalue weighted by Crippen LogP contribution is -2.39. The second-order valence-corrected chi connectivity index (χ2v) is 13.4. The van der Waals surface area contributed by atoms with Gasteiger partial charge in [0.15, 0.2) is 5.75 Å². The maximum atomic E-state index is 13.5. The zero-order valence-corrected chi connectivity index (χ0v) is 22.1. The van der Waals surface area contributed by atoms with Gasteiger partial charge >= 0.3 is 0 Å². The molecule has 11 heteroatoms. The fraction of sp³-hybridized carbons (Fsp3) is 0.375. The summed E-state index contributed by atoms with van der Waals surface area (Å²) in [7, 11) is -8.52. The highest BCUT2D eigenvalue weighted by atomic mass is 35.5. The van der Waals surface area contributed by atoms with Crippen LogP contribution in [0.15, 0.2) is 52.4 Å². The van der Waals surface area contributed by atoms with Crippen molar-refractivity contribution >= 4 is 48.2 Å². The van der Waals surface area contributed by atoms with Crippen LogP contribution in [0.5, 0.6) is 5.75 Å². The molecule has 0 bridgehead atoms. The fourth-order valence-corrected chi connectivity index (χ4v) is 7.34. The molecule has 8 nitrogen and oxygen atoms in total. The van der Waals surface area contributed by atoms with Crippen molar-refractivity contribution in [1.82, 2.24) is 9.71 Å². The van der Waals surface area contributed by atoms with Crippen molar-refractivity contribution in [3.05, 3.63) is 53.2 Å². The molecule has 1 fully saturated rings. The average Bonchev–Trinajstić information content (AvgIpc) is 2.78. The first kappa shape index (κ1) is 25.7. The number of phenolic OH excluding ortho intramolecular Hbond substituents is 1. The molecule has 0 unspecified atom stereocenters. The van der Waals surface area contributed by atoms with E-state index in [1.165, 1.54) is 18.3 Å². The van der Waals surface area contributed by atoms with Gasteiger partial charge in [0.05, 0.1) is 10.6 Å². The van der Waals surface area contributed by atoms with E-state index in [2.05, 4.69) is 28.3 Å². The number of aromatic hydroxyl groups is 1. The highest BCUT2D eigenvalue weighted by Crippen LogP contribution is 2.38. The quantitative estimate of drug-likeness (QED) is 0.408. The maximum Gasteiger partial charge on any atom is 0.262 e. The lowest BCUT2D eigenvalue weighted by atomic mass is 9.76. The molecule has 1 aromatic heterocycles.